The first kappa shape index (κ1) is 24.8. The van der Waals surface area contributed by atoms with E-state index in [0.29, 0.717) is 22.8 Å². The molecule has 1 aromatic heterocycles. The molecule has 0 fully saturated rings. The van der Waals surface area contributed by atoms with Gasteiger partial charge in [0, 0.05) is 24.2 Å². The molecular formula is C20H20Cl3F2N3OS. The summed E-state index contributed by atoms with van der Waals surface area (Å²) in [4.78, 5) is 21.1. The molecule has 0 radical (unpaired) electrons. The fourth-order valence-electron chi connectivity index (χ4n) is 2.93. The highest BCUT2D eigenvalue weighted by Gasteiger charge is 2.24. The molecular weight excluding hydrogens is 475 g/mol. The van der Waals surface area contributed by atoms with Gasteiger partial charge in [-0.05, 0) is 37.4 Å². The van der Waals surface area contributed by atoms with Crippen molar-refractivity contribution in [2.45, 2.75) is 13.8 Å². The zero-order valence-corrected chi connectivity index (χ0v) is 19.4. The van der Waals surface area contributed by atoms with E-state index >= 15 is 0 Å². The van der Waals surface area contributed by atoms with Crippen molar-refractivity contribution in [3.8, 4) is 0 Å². The van der Waals surface area contributed by atoms with Crippen LogP contribution in [-0.4, -0.2) is 42.0 Å². The second-order valence-electron chi connectivity index (χ2n) is 6.34. The molecule has 3 rings (SSSR count). The molecule has 0 bridgehead atoms. The van der Waals surface area contributed by atoms with Crippen LogP contribution >= 0.6 is 46.9 Å². The highest BCUT2D eigenvalue weighted by atomic mass is 35.5. The minimum Gasteiger partial charge on any atom is -0.302 e. The minimum atomic E-state index is -0.761. The topological polar surface area (TPSA) is 36.4 Å². The zero-order valence-electron chi connectivity index (χ0n) is 16.3. The van der Waals surface area contributed by atoms with Crippen LogP contribution in [0, 0.1) is 11.6 Å². The van der Waals surface area contributed by atoms with E-state index in [1.54, 1.807) is 12.1 Å². The molecule has 0 saturated carbocycles. The minimum absolute atomic E-state index is 0. The lowest BCUT2D eigenvalue weighted by Crippen LogP contribution is -2.39. The average molecular weight is 495 g/mol. The van der Waals surface area contributed by atoms with Crippen LogP contribution in [0.3, 0.4) is 0 Å². The maximum Gasteiger partial charge on any atom is 0.261 e. The molecule has 0 aliphatic heterocycles. The van der Waals surface area contributed by atoms with E-state index in [-0.39, 0.29) is 39.5 Å². The maximum absolute atomic E-state index is 14.1. The molecule has 0 unspecified atom stereocenters. The summed E-state index contributed by atoms with van der Waals surface area (Å²) in [6, 6.07) is 6.61. The Morgan fingerprint density at radius 1 is 1.10 bits per heavy atom. The predicted molar refractivity (Wildman–Crippen MR) is 123 cm³/mol. The third-order valence-electron chi connectivity index (χ3n) is 4.57. The van der Waals surface area contributed by atoms with Gasteiger partial charge in [-0.3, -0.25) is 9.69 Å². The first-order chi connectivity index (χ1) is 13.8. The highest BCUT2D eigenvalue weighted by Crippen LogP contribution is 2.33. The number of anilines is 1. The fourth-order valence-corrected chi connectivity index (χ4v) is 4.45. The number of amides is 1. The van der Waals surface area contributed by atoms with Crippen LogP contribution in [0.1, 0.15) is 24.2 Å². The summed E-state index contributed by atoms with van der Waals surface area (Å²) in [6.45, 7) is 6.61. The van der Waals surface area contributed by atoms with Crippen molar-refractivity contribution in [3.63, 3.8) is 0 Å². The number of likely N-dealkylation sites (N-methyl/N-ethyl adjacent to an activating group) is 1. The molecule has 3 aromatic rings. The van der Waals surface area contributed by atoms with Gasteiger partial charge < -0.3 is 4.90 Å². The van der Waals surface area contributed by atoms with Gasteiger partial charge in [0.15, 0.2) is 10.9 Å². The number of nitrogens with zero attached hydrogens (tertiary/aromatic N) is 3. The normalized spacial score (nSPS) is 11.0. The van der Waals surface area contributed by atoms with E-state index in [4.69, 9.17) is 23.2 Å². The van der Waals surface area contributed by atoms with E-state index < -0.39 is 11.6 Å². The van der Waals surface area contributed by atoms with Gasteiger partial charge in [-0.15, -0.1) is 12.4 Å². The van der Waals surface area contributed by atoms with Crippen LogP contribution in [-0.2, 0) is 0 Å². The Kier molecular flexibility index (Phi) is 8.82. The third kappa shape index (κ3) is 5.39. The van der Waals surface area contributed by atoms with Gasteiger partial charge in [-0.1, -0.05) is 48.4 Å². The van der Waals surface area contributed by atoms with Gasteiger partial charge in [-0.2, -0.15) is 0 Å². The van der Waals surface area contributed by atoms with Crippen LogP contribution in [0.5, 0.6) is 0 Å². The third-order valence-corrected chi connectivity index (χ3v) is 6.15. The lowest BCUT2D eigenvalue weighted by molar-refractivity contribution is 0.0984. The quantitative estimate of drug-likeness (QED) is 0.387. The Morgan fingerprint density at radius 3 is 2.43 bits per heavy atom. The van der Waals surface area contributed by atoms with Gasteiger partial charge in [0.25, 0.3) is 5.91 Å². The van der Waals surface area contributed by atoms with Gasteiger partial charge in [-0.25, -0.2) is 13.8 Å². The Labute approximate surface area is 193 Å². The number of aromatic nitrogens is 1. The average Bonchev–Trinajstić information content (AvgIpc) is 3.09. The second kappa shape index (κ2) is 10.7. The number of hydrogen-bond donors (Lipinski definition) is 0. The molecule has 0 atom stereocenters. The molecule has 2 aromatic carbocycles. The number of carbonyl (C=O) groups is 1. The van der Waals surface area contributed by atoms with Crippen LogP contribution in [0.15, 0.2) is 30.3 Å². The molecule has 0 aliphatic rings. The molecule has 1 amide bonds. The molecule has 0 N–H and O–H groups in total. The monoisotopic (exact) mass is 493 g/mol. The van der Waals surface area contributed by atoms with Gasteiger partial charge in [0.2, 0.25) is 0 Å². The lowest BCUT2D eigenvalue weighted by atomic mass is 10.2. The van der Waals surface area contributed by atoms with E-state index in [1.165, 1.54) is 17.0 Å². The molecule has 4 nitrogen and oxygen atoms in total. The summed E-state index contributed by atoms with van der Waals surface area (Å²) in [7, 11) is 0. The van der Waals surface area contributed by atoms with Crippen molar-refractivity contribution in [2.75, 3.05) is 31.1 Å². The lowest BCUT2D eigenvalue weighted by Gasteiger charge is -2.25. The number of benzene rings is 2. The molecule has 10 heteroatoms. The Bertz CT molecular complexity index is 1040. The number of fused-ring (bicyclic) bond motifs is 1. The van der Waals surface area contributed by atoms with E-state index in [0.717, 1.165) is 30.5 Å². The van der Waals surface area contributed by atoms with Gasteiger partial charge in [0.05, 0.1) is 15.3 Å². The summed E-state index contributed by atoms with van der Waals surface area (Å²) in [5.74, 6) is -1.83. The van der Waals surface area contributed by atoms with Crippen molar-refractivity contribution < 1.29 is 13.6 Å². The molecule has 1 heterocycles. The smallest absolute Gasteiger partial charge is 0.261 e. The SMILES string of the molecule is CCN(CC)CCN(C(=O)c1ccc(Cl)cc1Cl)c1nc2c(F)cc(F)cc2s1.Cl. The molecule has 0 saturated heterocycles. The first-order valence-electron chi connectivity index (χ1n) is 9.08. The predicted octanol–water partition coefficient (Wildman–Crippen LogP) is 6.29. The van der Waals surface area contributed by atoms with Crippen molar-refractivity contribution in [3.05, 3.63) is 57.6 Å². The largest absolute Gasteiger partial charge is 0.302 e. The van der Waals surface area contributed by atoms with Crippen LogP contribution in [0.2, 0.25) is 10.0 Å². The van der Waals surface area contributed by atoms with E-state index in [1.807, 2.05) is 13.8 Å². The van der Waals surface area contributed by atoms with E-state index in [9.17, 15) is 13.6 Å². The number of halogens is 5. The summed E-state index contributed by atoms with van der Waals surface area (Å²) in [6.07, 6.45) is 0. The highest BCUT2D eigenvalue weighted by molar-refractivity contribution is 7.22. The molecule has 162 valence electrons. The molecule has 30 heavy (non-hydrogen) atoms. The molecule has 0 spiro atoms. The van der Waals surface area contributed by atoms with E-state index in [2.05, 4.69) is 9.88 Å². The maximum atomic E-state index is 14.1. The Hall–Kier alpha value is -1.51. The summed E-state index contributed by atoms with van der Waals surface area (Å²) in [5, 5.41) is 0.917. The number of thiazole rings is 1. The Morgan fingerprint density at radius 2 is 1.80 bits per heavy atom. The van der Waals surface area contributed by atoms with Crippen molar-refractivity contribution >= 4 is 68.2 Å². The Balaban J connectivity index is 0.00000320. The summed E-state index contributed by atoms with van der Waals surface area (Å²) in [5.41, 5.74) is 0.302. The number of carbonyl (C=O) groups excluding carboxylic acids is 1. The fraction of sp³-hybridized carbons (Fsp3) is 0.300. The molecule has 0 aliphatic carbocycles. The summed E-state index contributed by atoms with van der Waals surface area (Å²) < 4.78 is 28.1. The zero-order chi connectivity index (χ0) is 21.1. The number of rotatable bonds is 7. The standard InChI is InChI=1S/C20H19Cl2F2N3OS.ClH/c1-3-26(4-2)7-8-27(19(28)14-6-5-12(21)9-15(14)22)20-25-18-16(24)10-13(23)11-17(18)29-20;/h5-6,9-11H,3-4,7-8H2,1-2H3;1H. The van der Waals surface area contributed by atoms with Gasteiger partial charge >= 0.3 is 0 Å². The van der Waals surface area contributed by atoms with Crippen LogP contribution in [0.4, 0.5) is 13.9 Å². The van der Waals surface area contributed by atoms with Gasteiger partial charge in [0.1, 0.15) is 11.3 Å². The van der Waals surface area contributed by atoms with Crippen molar-refractivity contribution in [1.82, 2.24) is 9.88 Å². The first-order valence-corrected chi connectivity index (χ1v) is 10.7. The number of hydrogen-bond acceptors (Lipinski definition) is 4. The van der Waals surface area contributed by atoms with Crippen LogP contribution < -0.4 is 4.90 Å². The second-order valence-corrected chi connectivity index (χ2v) is 8.19. The van der Waals surface area contributed by atoms with Crippen molar-refractivity contribution in [1.29, 1.82) is 0 Å². The summed E-state index contributed by atoms with van der Waals surface area (Å²) >= 11 is 13.2. The van der Waals surface area contributed by atoms with Crippen molar-refractivity contribution in [2.24, 2.45) is 0 Å². The van der Waals surface area contributed by atoms with Crippen LogP contribution in [0.25, 0.3) is 10.2 Å².